The first-order valence-corrected chi connectivity index (χ1v) is 6.37. The number of thiol groups is 1. The van der Waals surface area contributed by atoms with E-state index in [4.69, 9.17) is 4.74 Å². The van der Waals surface area contributed by atoms with Crippen LogP contribution in [-0.4, -0.2) is 32.5 Å². The molecule has 0 spiro atoms. The zero-order valence-corrected chi connectivity index (χ0v) is 9.83. The van der Waals surface area contributed by atoms with Gasteiger partial charge in [0.2, 0.25) is 0 Å². The highest BCUT2D eigenvalue weighted by molar-refractivity contribution is 8.10. The second-order valence-electron chi connectivity index (χ2n) is 2.01. The largest absolute Gasteiger partial charge is 0.750 e. The zero-order valence-electron chi connectivity index (χ0n) is 7.30. The van der Waals surface area contributed by atoms with Gasteiger partial charge in [-0.2, -0.15) is 0 Å². The smallest absolute Gasteiger partial charge is 0.146 e. The third-order valence-electron chi connectivity index (χ3n) is 1.04. The molecular formula is C6H13O4S3-. The predicted octanol–water partition coefficient (Wildman–Crippen LogP) is 1.17. The van der Waals surface area contributed by atoms with Gasteiger partial charge in [0, 0.05) is 6.61 Å². The van der Waals surface area contributed by atoms with Crippen LogP contribution in [0.2, 0.25) is 0 Å². The van der Waals surface area contributed by atoms with Crippen LogP contribution in [0.3, 0.4) is 0 Å². The van der Waals surface area contributed by atoms with Crippen molar-refractivity contribution in [1.29, 1.82) is 0 Å². The van der Waals surface area contributed by atoms with Gasteiger partial charge in [0.15, 0.2) is 0 Å². The van der Waals surface area contributed by atoms with Crippen molar-refractivity contribution in [2.45, 2.75) is 18.1 Å². The second-order valence-corrected chi connectivity index (χ2v) is 4.64. The lowest BCUT2D eigenvalue weighted by Crippen LogP contribution is -2.03. The van der Waals surface area contributed by atoms with Crippen LogP contribution in [0.5, 0.6) is 0 Å². The molecule has 0 N–H and O–H groups in total. The molecule has 0 aromatic rings. The summed E-state index contributed by atoms with van der Waals surface area (Å²) in [5.74, 6) is 0.769. The molecule has 2 unspecified atom stereocenters. The van der Waals surface area contributed by atoms with Crippen LogP contribution in [-0.2, 0) is 20.3 Å². The number of hydrogen-bond acceptors (Lipinski definition) is 6. The van der Waals surface area contributed by atoms with Gasteiger partial charge in [0.1, 0.15) is 4.77 Å². The van der Waals surface area contributed by atoms with Crippen LogP contribution in [0.15, 0.2) is 0 Å². The molecule has 0 aromatic carbocycles. The molecule has 0 aliphatic carbocycles. The van der Waals surface area contributed by atoms with Gasteiger partial charge in [-0.05, 0) is 19.1 Å². The Labute approximate surface area is 90.7 Å². The molecule has 80 valence electrons. The monoisotopic (exact) mass is 245 g/mol. The Morgan fingerprint density at radius 2 is 2.38 bits per heavy atom. The van der Waals surface area contributed by atoms with Crippen LogP contribution < -0.4 is 0 Å². The van der Waals surface area contributed by atoms with E-state index in [1.807, 2.05) is 6.92 Å². The van der Waals surface area contributed by atoms with Crippen molar-refractivity contribution in [1.82, 2.24) is 0 Å². The highest BCUT2D eigenvalue weighted by Gasteiger charge is 2.00. The molecule has 0 saturated heterocycles. The molecule has 7 heteroatoms. The highest BCUT2D eigenvalue weighted by atomic mass is 32.2. The Kier molecular flexibility index (Phi) is 9.81. The molecular weight excluding hydrogens is 232 g/mol. The summed E-state index contributed by atoms with van der Waals surface area (Å²) in [6.45, 7) is 2.74. The molecule has 0 aliphatic heterocycles. The summed E-state index contributed by atoms with van der Waals surface area (Å²) in [5.41, 5.74) is 0. The molecule has 0 aliphatic rings. The Balaban J connectivity index is 3.11. The maximum Gasteiger partial charge on any atom is 0.146 e. The van der Waals surface area contributed by atoms with Crippen molar-refractivity contribution in [3.63, 3.8) is 0 Å². The van der Waals surface area contributed by atoms with Gasteiger partial charge in [-0.1, -0.05) is 0 Å². The summed E-state index contributed by atoms with van der Waals surface area (Å²) < 4.78 is 29.2. The van der Waals surface area contributed by atoms with Crippen molar-refractivity contribution in [2.24, 2.45) is 0 Å². The molecule has 4 nitrogen and oxygen atoms in total. The zero-order chi connectivity index (χ0) is 10.1. The minimum absolute atomic E-state index is 0.136. The van der Waals surface area contributed by atoms with Crippen molar-refractivity contribution < 1.29 is 17.7 Å². The van der Waals surface area contributed by atoms with E-state index in [1.54, 1.807) is 0 Å². The minimum atomic E-state index is -2.39. The van der Waals surface area contributed by atoms with Crippen molar-refractivity contribution in [3.8, 4) is 0 Å². The van der Waals surface area contributed by atoms with Crippen molar-refractivity contribution in [2.75, 3.05) is 19.0 Å². The van der Waals surface area contributed by atoms with Gasteiger partial charge in [-0.3, -0.25) is 0 Å². The summed E-state index contributed by atoms with van der Waals surface area (Å²) in [7, 11) is 0. The van der Waals surface area contributed by atoms with Gasteiger partial charge < -0.3 is 13.5 Å². The fourth-order valence-corrected chi connectivity index (χ4v) is 2.00. The van der Waals surface area contributed by atoms with Crippen LogP contribution in [0.4, 0.5) is 0 Å². The van der Waals surface area contributed by atoms with E-state index in [1.165, 1.54) is 11.8 Å². The normalized spacial score (nSPS) is 15.6. The lowest BCUT2D eigenvalue weighted by Gasteiger charge is -2.10. The number of rotatable bonds is 8. The maximum atomic E-state index is 9.93. The summed E-state index contributed by atoms with van der Waals surface area (Å²) in [5, 5.41) is 0. The lowest BCUT2D eigenvalue weighted by molar-refractivity contribution is 0.179. The number of hydrogen-bond donors (Lipinski definition) is 1. The quantitative estimate of drug-likeness (QED) is 0.301. The first kappa shape index (κ1) is 13.7. The van der Waals surface area contributed by atoms with Gasteiger partial charge in [-0.15, -0.1) is 24.4 Å². The first-order valence-electron chi connectivity index (χ1n) is 3.80. The Hall–Kier alpha value is 0.730. The Morgan fingerprint density at radius 3 is 2.92 bits per heavy atom. The topological polar surface area (TPSA) is 58.6 Å². The minimum Gasteiger partial charge on any atom is -0.750 e. The highest BCUT2D eigenvalue weighted by Crippen LogP contribution is 2.16. The first-order chi connectivity index (χ1) is 6.16. The van der Waals surface area contributed by atoms with Crippen LogP contribution in [0, 0.1) is 0 Å². The molecule has 0 heterocycles. The summed E-state index contributed by atoms with van der Waals surface area (Å²) in [6, 6.07) is 0. The van der Waals surface area contributed by atoms with E-state index < -0.39 is 11.4 Å². The standard InChI is InChI=1S/C6H14O4S3/c1-2-9-6(11)12-5-3-4-10-13(7)8/h6,11H,2-5H2,1H3,(H,7,8)/p-1. The summed E-state index contributed by atoms with van der Waals surface area (Å²) in [6.07, 6.45) is 0.669. The molecule has 0 saturated carbocycles. The fraction of sp³-hybridized carbons (Fsp3) is 1.00. The molecule has 0 radical (unpaired) electrons. The summed E-state index contributed by atoms with van der Waals surface area (Å²) >= 11 is 3.25. The van der Waals surface area contributed by atoms with Gasteiger partial charge >= 0.3 is 0 Å². The number of ether oxygens (including phenoxy) is 1. The number of thioether (sulfide) groups is 1. The van der Waals surface area contributed by atoms with Gasteiger partial charge in [0.25, 0.3) is 0 Å². The SMILES string of the molecule is CCOC(S)SCCCOS(=O)[O-]. The average Bonchev–Trinajstić information content (AvgIpc) is 2.03. The Bertz CT molecular complexity index is 144. The van der Waals surface area contributed by atoms with Gasteiger partial charge in [0.05, 0.1) is 18.0 Å². The average molecular weight is 245 g/mol. The molecule has 0 rings (SSSR count). The van der Waals surface area contributed by atoms with Crippen molar-refractivity contribution >= 4 is 35.8 Å². The van der Waals surface area contributed by atoms with E-state index in [-0.39, 0.29) is 11.4 Å². The third-order valence-corrected chi connectivity index (χ3v) is 2.94. The molecule has 13 heavy (non-hydrogen) atoms. The van der Waals surface area contributed by atoms with E-state index >= 15 is 0 Å². The van der Waals surface area contributed by atoms with Crippen LogP contribution in [0.1, 0.15) is 13.3 Å². The van der Waals surface area contributed by atoms with E-state index in [0.29, 0.717) is 13.0 Å². The second kappa shape index (κ2) is 9.29. The van der Waals surface area contributed by atoms with E-state index in [9.17, 15) is 8.76 Å². The van der Waals surface area contributed by atoms with E-state index in [0.717, 1.165) is 5.75 Å². The van der Waals surface area contributed by atoms with Crippen LogP contribution in [0.25, 0.3) is 0 Å². The third kappa shape index (κ3) is 10.7. The molecule has 0 fully saturated rings. The fourth-order valence-electron chi connectivity index (χ4n) is 0.561. The predicted molar refractivity (Wildman–Crippen MR) is 56.3 cm³/mol. The molecule has 2 atom stereocenters. The van der Waals surface area contributed by atoms with E-state index in [2.05, 4.69) is 16.8 Å². The van der Waals surface area contributed by atoms with Crippen molar-refractivity contribution in [3.05, 3.63) is 0 Å². The molecule has 0 aromatic heterocycles. The lowest BCUT2D eigenvalue weighted by atomic mass is 10.5. The Morgan fingerprint density at radius 1 is 1.69 bits per heavy atom. The van der Waals surface area contributed by atoms with Crippen LogP contribution >= 0.6 is 24.4 Å². The summed E-state index contributed by atoms with van der Waals surface area (Å²) in [4.78, 5) is 0. The van der Waals surface area contributed by atoms with Gasteiger partial charge in [-0.25, -0.2) is 4.21 Å². The molecule has 0 bridgehead atoms. The molecule has 0 amide bonds. The maximum absolute atomic E-state index is 9.93.